The molecule has 1 aliphatic carbocycles. The molecule has 1 amide bonds. The van der Waals surface area contributed by atoms with Gasteiger partial charge < -0.3 is 10.0 Å². The maximum Gasteiger partial charge on any atom is 0.307 e. The summed E-state index contributed by atoms with van der Waals surface area (Å²) < 4.78 is 0. The largest absolute Gasteiger partial charge is 0.481 e. The minimum atomic E-state index is -0.884. The molecule has 1 aromatic rings. The number of aliphatic carboxylic acids is 1. The van der Waals surface area contributed by atoms with Gasteiger partial charge in [-0.05, 0) is 30.5 Å². The van der Waals surface area contributed by atoms with E-state index >= 15 is 0 Å². The average Bonchev–Trinajstić information content (AvgIpc) is 2.96. The van der Waals surface area contributed by atoms with E-state index in [4.69, 9.17) is 10.4 Å². The van der Waals surface area contributed by atoms with E-state index in [2.05, 4.69) is 6.07 Å². The lowest BCUT2D eigenvalue weighted by molar-refractivity contribution is -0.148. The van der Waals surface area contributed by atoms with E-state index in [0.717, 1.165) is 12.0 Å². The maximum absolute atomic E-state index is 12.4. The van der Waals surface area contributed by atoms with Gasteiger partial charge in [0.1, 0.15) is 0 Å². The quantitative estimate of drug-likeness (QED) is 0.918. The van der Waals surface area contributed by atoms with E-state index in [1.165, 1.54) is 0 Å². The summed E-state index contributed by atoms with van der Waals surface area (Å²) >= 11 is 0. The average molecular weight is 286 g/mol. The summed E-state index contributed by atoms with van der Waals surface area (Å²) in [5.41, 5.74) is 1.42. The fourth-order valence-electron chi connectivity index (χ4n) is 2.93. The van der Waals surface area contributed by atoms with Crippen LogP contribution >= 0.6 is 0 Å². The van der Waals surface area contributed by atoms with Crippen LogP contribution in [0.5, 0.6) is 0 Å². The number of carbonyl (C=O) groups is 2. The molecule has 110 valence electrons. The van der Waals surface area contributed by atoms with Gasteiger partial charge >= 0.3 is 5.97 Å². The smallest absolute Gasteiger partial charge is 0.307 e. The van der Waals surface area contributed by atoms with Crippen molar-refractivity contribution in [2.75, 3.05) is 7.05 Å². The van der Waals surface area contributed by atoms with Crippen LogP contribution in [0, 0.1) is 23.2 Å². The Balaban J connectivity index is 2.05. The third-order valence-electron chi connectivity index (χ3n) is 4.00. The molecule has 0 spiro atoms. The van der Waals surface area contributed by atoms with Crippen molar-refractivity contribution in [1.82, 2.24) is 4.90 Å². The number of rotatable bonds is 4. The molecule has 1 aromatic carbocycles. The third-order valence-corrected chi connectivity index (χ3v) is 4.00. The first kappa shape index (κ1) is 15.0. The van der Waals surface area contributed by atoms with Crippen LogP contribution < -0.4 is 0 Å². The molecule has 1 aliphatic rings. The summed E-state index contributed by atoms with van der Waals surface area (Å²) in [5.74, 6) is -2.00. The molecule has 0 saturated heterocycles. The summed E-state index contributed by atoms with van der Waals surface area (Å²) in [5, 5.41) is 18.0. The molecular formula is C16H18N2O3. The van der Waals surface area contributed by atoms with Crippen LogP contribution in [0.3, 0.4) is 0 Å². The monoisotopic (exact) mass is 286 g/mol. The minimum Gasteiger partial charge on any atom is -0.481 e. The molecule has 1 fully saturated rings. The summed E-state index contributed by atoms with van der Waals surface area (Å²) in [6.45, 7) is 0.386. The van der Waals surface area contributed by atoms with Gasteiger partial charge in [0.25, 0.3) is 0 Å². The van der Waals surface area contributed by atoms with Gasteiger partial charge in [-0.3, -0.25) is 9.59 Å². The van der Waals surface area contributed by atoms with Crippen LogP contribution in [-0.4, -0.2) is 28.9 Å². The molecule has 2 rings (SSSR count). The fraction of sp³-hybridized carbons (Fsp3) is 0.438. The predicted molar refractivity (Wildman–Crippen MR) is 76.1 cm³/mol. The number of carbonyl (C=O) groups excluding carboxylic acids is 1. The molecule has 0 aromatic heterocycles. The van der Waals surface area contributed by atoms with Crippen molar-refractivity contribution in [3.63, 3.8) is 0 Å². The van der Waals surface area contributed by atoms with E-state index < -0.39 is 17.8 Å². The number of amides is 1. The van der Waals surface area contributed by atoms with Crippen LogP contribution in [-0.2, 0) is 16.1 Å². The van der Waals surface area contributed by atoms with E-state index in [9.17, 15) is 9.59 Å². The highest BCUT2D eigenvalue weighted by molar-refractivity contribution is 5.85. The van der Waals surface area contributed by atoms with Gasteiger partial charge in [0.15, 0.2) is 0 Å². The zero-order valence-electron chi connectivity index (χ0n) is 12.0. The van der Waals surface area contributed by atoms with Crippen molar-refractivity contribution in [2.24, 2.45) is 11.8 Å². The van der Waals surface area contributed by atoms with Crippen LogP contribution in [0.15, 0.2) is 24.3 Å². The van der Waals surface area contributed by atoms with Crippen LogP contribution in [0.4, 0.5) is 0 Å². The second-order valence-corrected chi connectivity index (χ2v) is 5.49. The van der Waals surface area contributed by atoms with Crippen molar-refractivity contribution in [3.05, 3.63) is 35.4 Å². The van der Waals surface area contributed by atoms with E-state index in [0.29, 0.717) is 24.9 Å². The number of hydrogen-bond donors (Lipinski definition) is 1. The Labute approximate surface area is 123 Å². The number of carboxylic acids is 1. The normalized spacial score (nSPS) is 20.8. The van der Waals surface area contributed by atoms with Crippen molar-refractivity contribution in [3.8, 4) is 6.07 Å². The summed E-state index contributed by atoms with van der Waals surface area (Å²) in [6, 6.07) is 9.15. The Hall–Kier alpha value is -2.35. The highest BCUT2D eigenvalue weighted by Crippen LogP contribution is 2.33. The first-order chi connectivity index (χ1) is 10.0. The van der Waals surface area contributed by atoms with Gasteiger partial charge in [-0.2, -0.15) is 5.26 Å². The van der Waals surface area contributed by atoms with Crippen molar-refractivity contribution >= 4 is 11.9 Å². The van der Waals surface area contributed by atoms with Crippen LogP contribution in [0.1, 0.15) is 30.4 Å². The van der Waals surface area contributed by atoms with Gasteiger partial charge in [0.2, 0.25) is 5.91 Å². The zero-order valence-corrected chi connectivity index (χ0v) is 12.0. The number of nitriles is 1. The van der Waals surface area contributed by atoms with Crippen molar-refractivity contribution in [1.29, 1.82) is 5.26 Å². The first-order valence-electron chi connectivity index (χ1n) is 6.99. The lowest BCUT2D eigenvalue weighted by Crippen LogP contribution is -2.36. The Bertz CT molecular complexity index is 591. The van der Waals surface area contributed by atoms with E-state index in [1.54, 1.807) is 30.1 Å². The first-order valence-corrected chi connectivity index (χ1v) is 6.99. The summed E-state index contributed by atoms with van der Waals surface area (Å²) in [7, 11) is 1.68. The number of benzene rings is 1. The van der Waals surface area contributed by atoms with Gasteiger partial charge in [0, 0.05) is 13.6 Å². The summed E-state index contributed by atoms with van der Waals surface area (Å²) in [4.78, 5) is 25.1. The van der Waals surface area contributed by atoms with Crippen molar-refractivity contribution < 1.29 is 14.7 Å². The fourth-order valence-corrected chi connectivity index (χ4v) is 2.93. The standard InChI is InChI=1S/C16H18N2O3/c1-18(10-12-5-2-4-11(8-12)9-17)15(19)13-6-3-7-14(13)16(20)21/h2,4-5,8,13-14H,3,6-7,10H2,1H3,(H,20,21). The minimum absolute atomic E-state index is 0.123. The number of hydrogen-bond acceptors (Lipinski definition) is 3. The predicted octanol–water partition coefficient (Wildman–Crippen LogP) is 2.02. The second kappa shape index (κ2) is 6.40. The molecule has 0 bridgehead atoms. The van der Waals surface area contributed by atoms with Gasteiger partial charge in [-0.25, -0.2) is 0 Å². The zero-order chi connectivity index (χ0) is 15.4. The molecule has 0 aliphatic heterocycles. The molecule has 21 heavy (non-hydrogen) atoms. The van der Waals surface area contributed by atoms with Crippen molar-refractivity contribution in [2.45, 2.75) is 25.8 Å². The number of carboxylic acid groups (broad SMARTS) is 1. The van der Waals surface area contributed by atoms with Gasteiger partial charge in [-0.15, -0.1) is 0 Å². The molecule has 1 N–H and O–H groups in total. The highest BCUT2D eigenvalue weighted by Gasteiger charge is 2.38. The molecule has 5 heteroatoms. The lowest BCUT2D eigenvalue weighted by Gasteiger charge is -2.23. The highest BCUT2D eigenvalue weighted by atomic mass is 16.4. The second-order valence-electron chi connectivity index (χ2n) is 5.49. The Morgan fingerprint density at radius 2 is 2.10 bits per heavy atom. The third kappa shape index (κ3) is 3.40. The molecule has 1 saturated carbocycles. The van der Waals surface area contributed by atoms with Crippen LogP contribution in [0.2, 0.25) is 0 Å². The SMILES string of the molecule is CN(Cc1cccc(C#N)c1)C(=O)C1CCCC1C(=O)O. The lowest BCUT2D eigenvalue weighted by atomic mass is 9.94. The molecule has 0 heterocycles. The molecule has 2 atom stereocenters. The van der Waals surface area contributed by atoms with E-state index in [1.807, 2.05) is 6.07 Å². The van der Waals surface area contributed by atoms with E-state index in [-0.39, 0.29) is 5.91 Å². The molecule has 2 unspecified atom stereocenters. The Morgan fingerprint density at radius 3 is 2.76 bits per heavy atom. The Morgan fingerprint density at radius 1 is 1.38 bits per heavy atom. The molecular weight excluding hydrogens is 268 g/mol. The number of nitrogens with zero attached hydrogens (tertiary/aromatic N) is 2. The van der Waals surface area contributed by atoms with Gasteiger partial charge in [0.05, 0.1) is 23.5 Å². The maximum atomic E-state index is 12.4. The molecule has 0 radical (unpaired) electrons. The topological polar surface area (TPSA) is 81.4 Å². The van der Waals surface area contributed by atoms with Crippen LogP contribution in [0.25, 0.3) is 0 Å². The Kier molecular flexibility index (Phi) is 4.59. The summed E-state index contributed by atoms with van der Waals surface area (Å²) in [6.07, 6.45) is 1.99. The molecule has 5 nitrogen and oxygen atoms in total. The van der Waals surface area contributed by atoms with Gasteiger partial charge in [-0.1, -0.05) is 18.6 Å².